The summed E-state index contributed by atoms with van der Waals surface area (Å²) in [7, 11) is 0. The topological polar surface area (TPSA) is 49.4 Å². The predicted octanol–water partition coefficient (Wildman–Crippen LogP) is 2.93. The van der Waals surface area contributed by atoms with Crippen molar-refractivity contribution in [1.82, 2.24) is 10.2 Å². The van der Waals surface area contributed by atoms with E-state index in [1.54, 1.807) is 0 Å². The number of benzene rings is 1. The summed E-state index contributed by atoms with van der Waals surface area (Å²) >= 11 is 11.8. The van der Waals surface area contributed by atoms with Gasteiger partial charge in [-0.1, -0.05) is 0 Å². The van der Waals surface area contributed by atoms with Crippen LogP contribution in [0.3, 0.4) is 0 Å². The van der Waals surface area contributed by atoms with Crippen LogP contribution in [0.4, 0.5) is 13.6 Å². The molecule has 0 bridgehead atoms. The van der Waals surface area contributed by atoms with Crippen LogP contribution in [0.25, 0.3) is 0 Å². The largest absolute Gasteiger partial charge is 0.325 e. The quantitative estimate of drug-likeness (QED) is 0.674. The normalized spacial score (nSPS) is 29.7. The third-order valence-electron chi connectivity index (χ3n) is 4.10. The van der Waals surface area contributed by atoms with E-state index < -0.39 is 33.4 Å². The molecule has 2 atom stereocenters. The molecule has 4 nitrogen and oxygen atoms in total. The summed E-state index contributed by atoms with van der Waals surface area (Å²) in [6.45, 7) is 1.39. The van der Waals surface area contributed by atoms with Gasteiger partial charge in [0.15, 0.2) is 0 Å². The van der Waals surface area contributed by atoms with Gasteiger partial charge in [0, 0.05) is 18.0 Å². The molecule has 8 heteroatoms. The minimum Gasteiger partial charge on any atom is -0.319 e. The smallest absolute Gasteiger partial charge is 0.319 e. The Kier molecular flexibility index (Phi) is 3.38. The standard InChI is InChI=1S/C14H12Cl2F2N2O2/c1-13(9-4-8(17)2-3-10(9)18)11(21)20(12(22)19-13)6-7-5-14(7,15)16/h2-4,7H,5-6H2,1H3,(H,19,22)/t7-,13-/m0/s1. The number of urea groups is 1. The van der Waals surface area contributed by atoms with Crippen LogP contribution in [0.1, 0.15) is 18.9 Å². The second-order valence-corrected chi connectivity index (χ2v) is 7.30. The number of rotatable bonds is 3. The molecule has 1 saturated carbocycles. The van der Waals surface area contributed by atoms with Crippen molar-refractivity contribution in [2.24, 2.45) is 5.92 Å². The van der Waals surface area contributed by atoms with E-state index in [-0.39, 0.29) is 18.0 Å². The third kappa shape index (κ3) is 2.34. The Bertz CT molecular complexity index is 683. The molecule has 3 amide bonds. The van der Waals surface area contributed by atoms with E-state index >= 15 is 0 Å². The summed E-state index contributed by atoms with van der Waals surface area (Å²) in [5.41, 5.74) is -1.87. The Hall–Kier alpha value is -1.40. The molecule has 0 spiro atoms. The van der Waals surface area contributed by atoms with E-state index in [0.717, 1.165) is 23.1 Å². The highest BCUT2D eigenvalue weighted by Gasteiger charge is 2.57. The van der Waals surface area contributed by atoms with Crippen LogP contribution in [0.5, 0.6) is 0 Å². The van der Waals surface area contributed by atoms with Crippen molar-refractivity contribution in [2.45, 2.75) is 23.2 Å². The van der Waals surface area contributed by atoms with Crippen LogP contribution in [-0.4, -0.2) is 27.7 Å². The second-order valence-electron chi connectivity index (χ2n) is 5.76. The molecule has 1 aromatic rings. The van der Waals surface area contributed by atoms with Crippen molar-refractivity contribution in [3.05, 3.63) is 35.4 Å². The molecule has 0 unspecified atom stereocenters. The first-order chi connectivity index (χ1) is 10.1. The predicted molar refractivity (Wildman–Crippen MR) is 76.5 cm³/mol. The summed E-state index contributed by atoms with van der Waals surface area (Å²) < 4.78 is 26.4. The zero-order valence-electron chi connectivity index (χ0n) is 11.5. The van der Waals surface area contributed by atoms with Crippen LogP contribution in [-0.2, 0) is 10.3 Å². The van der Waals surface area contributed by atoms with Crippen molar-refractivity contribution < 1.29 is 18.4 Å². The molecule has 0 aromatic heterocycles. The van der Waals surface area contributed by atoms with E-state index in [1.165, 1.54) is 6.92 Å². The number of hydrogen-bond acceptors (Lipinski definition) is 2. The third-order valence-corrected chi connectivity index (χ3v) is 5.03. The molecule has 2 fully saturated rings. The molecule has 1 saturated heterocycles. The van der Waals surface area contributed by atoms with Gasteiger partial charge in [-0.3, -0.25) is 9.69 Å². The molecule has 1 aliphatic carbocycles. The number of nitrogens with zero attached hydrogens (tertiary/aromatic N) is 1. The summed E-state index contributed by atoms with van der Waals surface area (Å²) in [6, 6.07) is 2.09. The zero-order chi connectivity index (χ0) is 16.3. The van der Waals surface area contributed by atoms with Crippen molar-refractivity contribution in [1.29, 1.82) is 0 Å². The van der Waals surface area contributed by atoms with E-state index in [1.807, 2.05) is 0 Å². The minimum absolute atomic E-state index is 0.0458. The molecule has 0 radical (unpaired) electrons. The van der Waals surface area contributed by atoms with Crippen LogP contribution < -0.4 is 5.32 Å². The minimum atomic E-state index is -1.65. The van der Waals surface area contributed by atoms with Crippen molar-refractivity contribution in [3.8, 4) is 0 Å². The summed E-state index contributed by atoms with van der Waals surface area (Å²) in [5, 5.41) is 2.42. The first kappa shape index (κ1) is 15.5. The van der Waals surface area contributed by atoms with Gasteiger partial charge in [-0.2, -0.15) is 0 Å². The van der Waals surface area contributed by atoms with Crippen LogP contribution >= 0.6 is 23.2 Å². The average Bonchev–Trinajstić information content (AvgIpc) is 2.97. The number of carbonyl (C=O) groups excluding carboxylic acids is 2. The lowest BCUT2D eigenvalue weighted by Crippen LogP contribution is -2.42. The van der Waals surface area contributed by atoms with E-state index in [4.69, 9.17) is 23.2 Å². The van der Waals surface area contributed by atoms with Gasteiger partial charge in [0.05, 0.1) is 0 Å². The molecule has 1 heterocycles. The maximum Gasteiger partial charge on any atom is 0.325 e. The van der Waals surface area contributed by atoms with Crippen LogP contribution in [0.15, 0.2) is 18.2 Å². The van der Waals surface area contributed by atoms with Gasteiger partial charge >= 0.3 is 6.03 Å². The number of halogens is 4. The fraction of sp³-hybridized carbons (Fsp3) is 0.429. The molecule has 1 N–H and O–H groups in total. The number of nitrogens with one attached hydrogen (secondary N) is 1. The number of imide groups is 1. The summed E-state index contributed by atoms with van der Waals surface area (Å²) in [6.07, 6.45) is 0.470. The van der Waals surface area contributed by atoms with Crippen LogP contribution in [0, 0.1) is 17.6 Å². The molecule has 2 aliphatic rings. The fourth-order valence-corrected chi connectivity index (χ4v) is 3.12. The number of amides is 3. The Morgan fingerprint density at radius 1 is 1.36 bits per heavy atom. The molecule has 22 heavy (non-hydrogen) atoms. The lowest BCUT2D eigenvalue weighted by atomic mass is 9.91. The zero-order valence-corrected chi connectivity index (χ0v) is 13.0. The fourth-order valence-electron chi connectivity index (χ4n) is 2.61. The maximum absolute atomic E-state index is 14.0. The Labute approximate surface area is 135 Å². The van der Waals surface area contributed by atoms with E-state index in [9.17, 15) is 18.4 Å². The van der Waals surface area contributed by atoms with Gasteiger partial charge < -0.3 is 5.32 Å². The molecule has 1 aliphatic heterocycles. The average molecular weight is 349 g/mol. The Morgan fingerprint density at radius 3 is 2.59 bits per heavy atom. The van der Waals surface area contributed by atoms with Gasteiger partial charge in [-0.25, -0.2) is 13.6 Å². The summed E-state index contributed by atoms with van der Waals surface area (Å²) in [4.78, 5) is 25.5. The maximum atomic E-state index is 14.0. The van der Waals surface area contributed by atoms with Gasteiger partial charge in [0.1, 0.15) is 21.5 Å². The second kappa shape index (κ2) is 4.80. The van der Waals surface area contributed by atoms with Gasteiger partial charge in [-0.05, 0) is 31.5 Å². The first-order valence-corrected chi connectivity index (χ1v) is 7.38. The number of alkyl halides is 2. The lowest BCUT2D eigenvalue weighted by Gasteiger charge is -2.23. The SMILES string of the molecule is C[C@@]1(c2cc(F)ccc2F)NC(=O)N(C[C@@H]2CC2(Cl)Cl)C1=O. The Balaban J connectivity index is 1.90. The van der Waals surface area contributed by atoms with Gasteiger partial charge in [0.25, 0.3) is 5.91 Å². The number of carbonyl (C=O) groups is 2. The van der Waals surface area contributed by atoms with Crippen molar-refractivity contribution in [3.63, 3.8) is 0 Å². The monoisotopic (exact) mass is 348 g/mol. The summed E-state index contributed by atoms with van der Waals surface area (Å²) in [5.74, 6) is -2.33. The highest BCUT2D eigenvalue weighted by molar-refractivity contribution is 6.50. The van der Waals surface area contributed by atoms with Gasteiger partial charge in [-0.15, -0.1) is 23.2 Å². The Morgan fingerprint density at radius 2 is 2.00 bits per heavy atom. The number of hydrogen-bond donors (Lipinski definition) is 1. The molecular weight excluding hydrogens is 337 g/mol. The molecule has 118 valence electrons. The highest BCUT2D eigenvalue weighted by atomic mass is 35.5. The molecular formula is C14H12Cl2F2N2O2. The van der Waals surface area contributed by atoms with Gasteiger partial charge in [0.2, 0.25) is 0 Å². The van der Waals surface area contributed by atoms with E-state index in [2.05, 4.69) is 5.32 Å². The lowest BCUT2D eigenvalue weighted by molar-refractivity contribution is -0.131. The van der Waals surface area contributed by atoms with Crippen molar-refractivity contribution in [2.75, 3.05) is 6.54 Å². The van der Waals surface area contributed by atoms with Crippen molar-refractivity contribution >= 4 is 35.1 Å². The molecule has 1 aromatic carbocycles. The first-order valence-electron chi connectivity index (χ1n) is 6.62. The molecule has 3 rings (SSSR count). The van der Waals surface area contributed by atoms with Crippen LogP contribution in [0.2, 0.25) is 0 Å². The van der Waals surface area contributed by atoms with E-state index in [0.29, 0.717) is 6.42 Å². The highest BCUT2D eigenvalue weighted by Crippen LogP contribution is 2.53.